The lowest BCUT2D eigenvalue weighted by atomic mass is 9.82. The lowest BCUT2D eigenvalue weighted by Crippen LogP contribution is -2.55. The van der Waals surface area contributed by atoms with E-state index in [1.807, 2.05) is 0 Å². The molecule has 0 bridgehead atoms. The second-order valence-electron chi connectivity index (χ2n) is 7.64. The van der Waals surface area contributed by atoms with E-state index in [4.69, 9.17) is 4.74 Å². The van der Waals surface area contributed by atoms with Crippen molar-refractivity contribution in [3.8, 4) is 0 Å². The predicted octanol–water partition coefficient (Wildman–Crippen LogP) is 2.68. The Kier molecular flexibility index (Phi) is 6.83. The van der Waals surface area contributed by atoms with Crippen molar-refractivity contribution in [3.05, 3.63) is 35.4 Å². The average Bonchev–Trinajstić information content (AvgIpc) is 2.61. The molecular formula is C19H28F2N2O3S. The molecule has 2 aliphatic rings. The molecule has 0 spiro atoms. The number of rotatable bonds is 6. The maximum atomic E-state index is 14.0. The molecule has 8 heteroatoms. The number of ether oxygens (including phenoxy) is 1. The van der Waals surface area contributed by atoms with Gasteiger partial charge in [0.15, 0.2) is 0 Å². The summed E-state index contributed by atoms with van der Waals surface area (Å²) in [7, 11) is -3.26. The van der Waals surface area contributed by atoms with Crippen LogP contribution in [0.2, 0.25) is 0 Å². The largest absolute Gasteiger partial charge is 0.377 e. The Morgan fingerprint density at radius 1 is 1.15 bits per heavy atom. The molecule has 1 saturated heterocycles. The summed E-state index contributed by atoms with van der Waals surface area (Å²) in [4.78, 5) is 0. The van der Waals surface area contributed by atoms with Gasteiger partial charge in [-0.05, 0) is 63.1 Å². The van der Waals surface area contributed by atoms with Crippen LogP contribution >= 0.6 is 0 Å². The van der Waals surface area contributed by atoms with Gasteiger partial charge >= 0.3 is 0 Å². The van der Waals surface area contributed by atoms with Gasteiger partial charge in [-0.1, -0.05) is 6.07 Å². The molecule has 1 heterocycles. The van der Waals surface area contributed by atoms with Crippen molar-refractivity contribution in [1.29, 1.82) is 0 Å². The number of nitrogens with one attached hydrogen (secondary N) is 2. The third kappa shape index (κ3) is 5.70. The van der Waals surface area contributed by atoms with E-state index >= 15 is 0 Å². The van der Waals surface area contributed by atoms with E-state index < -0.39 is 21.7 Å². The molecule has 5 nitrogen and oxygen atoms in total. The summed E-state index contributed by atoms with van der Waals surface area (Å²) < 4.78 is 59.7. The van der Waals surface area contributed by atoms with Gasteiger partial charge in [0.25, 0.3) is 0 Å². The first-order valence-corrected chi connectivity index (χ1v) is 11.5. The van der Waals surface area contributed by atoms with Gasteiger partial charge in [-0.25, -0.2) is 21.9 Å². The monoisotopic (exact) mass is 402 g/mol. The highest BCUT2D eigenvalue weighted by atomic mass is 32.2. The second-order valence-corrected chi connectivity index (χ2v) is 9.42. The number of hydrogen-bond acceptors (Lipinski definition) is 4. The molecule has 1 aromatic carbocycles. The van der Waals surface area contributed by atoms with Crippen molar-refractivity contribution >= 4 is 10.0 Å². The molecule has 27 heavy (non-hydrogen) atoms. The third-order valence-electron chi connectivity index (χ3n) is 5.54. The Morgan fingerprint density at radius 2 is 1.81 bits per heavy atom. The highest BCUT2D eigenvalue weighted by molar-refractivity contribution is 7.88. The maximum Gasteiger partial charge on any atom is 0.209 e. The van der Waals surface area contributed by atoms with E-state index in [9.17, 15) is 17.2 Å². The molecule has 0 amide bonds. The van der Waals surface area contributed by atoms with E-state index in [0.717, 1.165) is 32.2 Å². The number of hydrogen-bond donors (Lipinski definition) is 2. The zero-order chi connectivity index (χ0) is 19.4. The van der Waals surface area contributed by atoms with Crippen molar-refractivity contribution in [3.63, 3.8) is 0 Å². The van der Waals surface area contributed by atoms with Gasteiger partial charge in [0.05, 0.1) is 19.0 Å². The quantitative estimate of drug-likeness (QED) is 0.768. The fraction of sp³-hybridized carbons (Fsp3) is 0.684. The van der Waals surface area contributed by atoms with E-state index in [1.54, 1.807) is 0 Å². The number of piperidine rings is 1. The lowest BCUT2D eigenvalue weighted by molar-refractivity contribution is 0.00489. The summed E-state index contributed by atoms with van der Waals surface area (Å²) in [5.41, 5.74) is 0.197. The van der Waals surface area contributed by atoms with E-state index in [1.165, 1.54) is 24.5 Å². The van der Waals surface area contributed by atoms with Gasteiger partial charge in [-0.3, -0.25) is 0 Å². The van der Waals surface area contributed by atoms with Crippen LogP contribution in [0.25, 0.3) is 0 Å². The van der Waals surface area contributed by atoms with E-state index in [2.05, 4.69) is 10.0 Å². The molecule has 152 valence electrons. The fourth-order valence-electron chi connectivity index (χ4n) is 4.20. The van der Waals surface area contributed by atoms with Crippen LogP contribution in [-0.4, -0.2) is 46.0 Å². The molecule has 1 aliphatic heterocycles. The van der Waals surface area contributed by atoms with Crippen LogP contribution in [0.5, 0.6) is 0 Å². The van der Waals surface area contributed by atoms with Crippen LogP contribution < -0.4 is 10.0 Å². The Hall–Kier alpha value is -1.09. The summed E-state index contributed by atoms with van der Waals surface area (Å²) >= 11 is 0. The molecule has 2 N–H and O–H groups in total. The lowest BCUT2D eigenvalue weighted by Gasteiger charge is -2.35. The maximum absolute atomic E-state index is 14.0. The minimum atomic E-state index is -3.26. The van der Waals surface area contributed by atoms with Crippen molar-refractivity contribution in [2.24, 2.45) is 0 Å². The van der Waals surface area contributed by atoms with Gasteiger partial charge in [0.2, 0.25) is 10.0 Å². The van der Waals surface area contributed by atoms with Crippen molar-refractivity contribution < 1.29 is 21.9 Å². The molecule has 3 rings (SSSR count). The van der Waals surface area contributed by atoms with Gasteiger partial charge in [0.1, 0.15) is 11.6 Å². The smallest absolute Gasteiger partial charge is 0.209 e. The zero-order valence-corrected chi connectivity index (χ0v) is 16.4. The summed E-state index contributed by atoms with van der Waals surface area (Å²) in [6, 6.07) is 3.78. The minimum absolute atomic E-state index is 0.0405. The Morgan fingerprint density at radius 3 is 2.44 bits per heavy atom. The van der Waals surface area contributed by atoms with Gasteiger partial charge in [0, 0.05) is 17.6 Å². The highest BCUT2D eigenvalue weighted by Gasteiger charge is 2.30. The van der Waals surface area contributed by atoms with Crippen molar-refractivity contribution in [2.45, 2.75) is 62.6 Å². The van der Waals surface area contributed by atoms with Crippen LogP contribution in [0.4, 0.5) is 8.78 Å². The zero-order valence-electron chi connectivity index (χ0n) is 15.6. The van der Waals surface area contributed by atoms with Crippen LogP contribution in [-0.2, 0) is 14.8 Å². The predicted molar refractivity (Wildman–Crippen MR) is 100 cm³/mol. The number of benzene rings is 1. The van der Waals surface area contributed by atoms with Crippen molar-refractivity contribution in [2.75, 3.05) is 19.4 Å². The first kappa shape index (κ1) is 20.6. The molecule has 0 unspecified atom stereocenters. The average molecular weight is 403 g/mol. The molecular weight excluding hydrogens is 374 g/mol. The van der Waals surface area contributed by atoms with Crippen LogP contribution in [0.1, 0.15) is 50.0 Å². The first-order valence-electron chi connectivity index (χ1n) is 9.59. The molecule has 0 radical (unpaired) electrons. The van der Waals surface area contributed by atoms with Crippen LogP contribution in [0, 0.1) is 11.6 Å². The molecule has 1 aromatic rings. The first-order chi connectivity index (χ1) is 12.8. The van der Waals surface area contributed by atoms with Gasteiger partial charge in [-0.15, -0.1) is 0 Å². The number of halogens is 2. The Bertz CT molecular complexity index is 716. The topological polar surface area (TPSA) is 67.4 Å². The summed E-state index contributed by atoms with van der Waals surface area (Å²) in [6.45, 7) is 1.27. The van der Waals surface area contributed by atoms with Gasteiger partial charge < -0.3 is 10.1 Å². The van der Waals surface area contributed by atoms with E-state index in [0.29, 0.717) is 19.4 Å². The second kappa shape index (κ2) is 8.94. The van der Waals surface area contributed by atoms with Gasteiger partial charge in [-0.2, -0.15) is 0 Å². The summed E-state index contributed by atoms with van der Waals surface area (Å²) in [5, 5.41) is 3.33. The molecule has 1 saturated carbocycles. The molecule has 2 fully saturated rings. The standard InChI is InChI=1S/C19H28F2N2O3S/c1-27(24,25)23-17-6-3-11-22-18(17)12-26-14-9-7-13(8-10-14)19-15(20)4-2-5-16(19)21/h2,4-5,13-14,17-18,22-23H,3,6-12H2,1H3/t13?,14?,17-,18-/m0/s1. The molecule has 1 aliphatic carbocycles. The SMILES string of the molecule is CS(=O)(=O)N[C@H]1CCCN[C@H]1COC1CCC(c2c(F)cccc2F)CC1. The minimum Gasteiger partial charge on any atom is -0.377 e. The Labute approximate surface area is 159 Å². The molecule has 2 atom stereocenters. The fourth-order valence-corrected chi connectivity index (χ4v) is 5.03. The Balaban J connectivity index is 1.50. The summed E-state index contributed by atoms with van der Waals surface area (Å²) in [6.07, 6.45) is 5.78. The van der Waals surface area contributed by atoms with E-state index in [-0.39, 0.29) is 29.7 Å². The summed E-state index contributed by atoms with van der Waals surface area (Å²) in [5.74, 6) is -1.06. The number of sulfonamides is 1. The van der Waals surface area contributed by atoms with Crippen LogP contribution in [0.15, 0.2) is 18.2 Å². The van der Waals surface area contributed by atoms with Crippen molar-refractivity contribution in [1.82, 2.24) is 10.0 Å². The molecule has 0 aromatic heterocycles. The normalized spacial score (nSPS) is 29.6. The third-order valence-corrected chi connectivity index (χ3v) is 6.27. The van der Waals surface area contributed by atoms with Crippen LogP contribution in [0.3, 0.4) is 0 Å². The highest BCUT2D eigenvalue weighted by Crippen LogP contribution is 2.36.